The van der Waals surface area contributed by atoms with Crippen molar-refractivity contribution in [1.82, 2.24) is 5.32 Å². The molecule has 0 radical (unpaired) electrons. The Labute approximate surface area is 120 Å². The first kappa shape index (κ1) is 14.9. The number of carbonyl (C=O) groups excluding carboxylic acids is 1. The first-order valence-electron chi connectivity index (χ1n) is 7.14. The van der Waals surface area contributed by atoms with E-state index in [0.29, 0.717) is 17.9 Å². The molecule has 4 heteroatoms. The number of carbonyl (C=O) groups is 1. The van der Waals surface area contributed by atoms with Crippen molar-refractivity contribution >= 4 is 11.6 Å². The number of ether oxygens (including phenoxy) is 1. The lowest BCUT2D eigenvalue weighted by molar-refractivity contribution is -0.111. The van der Waals surface area contributed by atoms with Crippen LogP contribution in [0.2, 0.25) is 0 Å². The van der Waals surface area contributed by atoms with Crippen LogP contribution in [-0.2, 0) is 4.74 Å². The van der Waals surface area contributed by atoms with Gasteiger partial charge in [0.2, 0.25) is 0 Å². The highest BCUT2D eigenvalue weighted by Gasteiger charge is 2.49. The van der Waals surface area contributed by atoms with Crippen LogP contribution in [0, 0.1) is 12.3 Å². The van der Waals surface area contributed by atoms with Crippen molar-refractivity contribution in [2.45, 2.75) is 46.3 Å². The molecule has 1 aliphatic carbocycles. The number of aryl methyl sites for hydroxylation is 1. The second-order valence-electron chi connectivity index (χ2n) is 6.10. The van der Waals surface area contributed by atoms with E-state index in [9.17, 15) is 4.79 Å². The largest absolute Gasteiger partial charge is 0.399 e. The minimum atomic E-state index is -0.0319. The summed E-state index contributed by atoms with van der Waals surface area (Å²) in [6.45, 7) is 8.89. The predicted molar refractivity (Wildman–Crippen MR) is 80.7 cm³/mol. The minimum Gasteiger partial charge on any atom is -0.399 e. The van der Waals surface area contributed by atoms with Crippen molar-refractivity contribution in [3.8, 4) is 0 Å². The van der Waals surface area contributed by atoms with Crippen molar-refractivity contribution in [1.29, 1.82) is 0 Å². The molecule has 0 saturated heterocycles. The molecule has 1 aromatic carbocycles. The van der Waals surface area contributed by atoms with Crippen LogP contribution >= 0.6 is 0 Å². The molecule has 110 valence electrons. The molecule has 1 aromatic rings. The van der Waals surface area contributed by atoms with Gasteiger partial charge >= 0.3 is 0 Å². The first-order chi connectivity index (χ1) is 9.36. The third-order valence-corrected chi connectivity index (χ3v) is 4.35. The molecular weight excluding hydrogens is 252 g/mol. The van der Waals surface area contributed by atoms with E-state index in [4.69, 9.17) is 10.5 Å². The zero-order valence-electron chi connectivity index (χ0n) is 12.7. The summed E-state index contributed by atoms with van der Waals surface area (Å²) in [4.78, 5) is 12.3. The lowest BCUT2D eigenvalue weighted by Gasteiger charge is -2.51. The van der Waals surface area contributed by atoms with Gasteiger partial charge in [-0.15, -0.1) is 0 Å². The SMILES string of the molecule is CCOC1CC(NC(=O)c2ccc(N)cc2C)C1(C)C. The Bertz CT molecular complexity index is 511. The third kappa shape index (κ3) is 2.66. The quantitative estimate of drug-likeness (QED) is 0.831. The normalized spacial score (nSPS) is 24.0. The van der Waals surface area contributed by atoms with Gasteiger partial charge in [0.05, 0.1) is 6.10 Å². The van der Waals surface area contributed by atoms with Crippen molar-refractivity contribution in [3.63, 3.8) is 0 Å². The molecule has 20 heavy (non-hydrogen) atoms. The number of amides is 1. The van der Waals surface area contributed by atoms with E-state index in [1.807, 2.05) is 19.9 Å². The molecule has 4 nitrogen and oxygen atoms in total. The molecule has 1 fully saturated rings. The topological polar surface area (TPSA) is 64.3 Å². The van der Waals surface area contributed by atoms with Crippen molar-refractivity contribution in [2.75, 3.05) is 12.3 Å². The third-order valence-electron chi connectivity index (χ3n) is 4.35. The highest BCUT2D eigenvalue weighted by atomic mass is 16.5. The number of nitrogens with two attached hydrogens (primary N) is 1. The predicted octanol–water partition coefficient (Wildman–Crippen LogP) is 2.51. The van der Waals surface area contributed by atoms with Gasteiger partial charge in [-0.2, -0.15) is 0 Å². The monoisotopic (exact) mass is 276 g/mol. The zero-order chi connectivity index (χ0) is 14.9. The van der Waals surface area contributed by atoms with E-state index in [1.54, 1.807) is 12.1 Å². The highest BCUT2D eigenvalue weighted by molar-refractivity contribution is 5.96. The summed E-state index contributed by atoms with van der Waals surface area (Å²) < 4.78 is 5.68. The number of nitrogen functional groups attached to an aromatic ring is 1. The molecule has 2 rings (SSSR count). The molecule has 1 amide bonds. The minimum absolute atomic E-state index is 0.0205. The number of rotatable bonds is 4. The Kier molecular flexibility index (Phi) is 4.04. The zero-order valence-corrected chi connectivity index (χ0v) is 12.7. The number of nitrogens with one attached hydrogen (secondary N) is 1. The summed E-state index contributed by atoms with van der Waals surface area (Å²) >= 11 is 0. The van der Waals surface area contributed by atoms with E-state index in [1.165, 1.54) is 0 Å². The summed E-state index contributed by atoms with van der Waals surface area (Å²) in [5, 5.41) is 3.11. The fraction of sp³-hybridized carbons (Fsp3) is 0.562. The van der Waals surface area contributed by atoms with Gasteiger partial charge in [0.15, 0.2) is 0 Å². The van der Waals surface area contributed by atoms with E-state index in [0.717, 1.165) is 12.0 Å². The molecule has 3 N–H and O–H groups in total. The van der Waals surface area contributed by atoms with Gasteiger partial charge in [0, 0.05) is 29.3 Å². The van der Waals surface area contributed by atoms with Crippen LogP contribution in [-0.4, -0.2) is 24.7 Å². The van der Waals surface area contributed by atoms with Gasteiger partial charge in [-0.05, 0) is 44.0 Å². The van der Waals surface area contributed by atoms with Crippen molar-refractivity contribution in [3.05, 3.63) is 29.3 Å². The van der Waals surface area contributed by atoms with Crippen molar-refractivity contribution in [2.24, 2.45) is 5.41 Å². The standard InChI is InChI=1S/C16H24N2O2/c1-5-20-14-9-13(16(14,3)4)18-15(19)12-7-6-11(17)8-10(12)2/h6-8,13-14H,5,9,17H2,1-4H3,(H,18,19). The Morgan fingerprint density at radius 1 is 1.50 bits per heavy atom. The number of anilines is 1. The van der Waals surface area contributed by atoms with Crippen LogP contribution in [0.1, 0.15) is 43.1 Å². The van der Waals surface area contributed by atoms with Gasteiger partial charge in [0.1, 0.15) is 0 Å². The highest BCUT2D eigenvalue weighted by Crippen LogP contribution is 2.42. The van der Waals surface area contributed by atoms with Gasteiger partial charge in [-0.3, -0.25) is 4.79 Å². The average molecular weight is 276 g/mol. The van der Waals surface area contributed by atoms with E-state index >= 15 is 0 Å². The summed E-state index contributed by atoms with van der Waals surface area (Å²) in [6, 6.07) is 5.52. The lowest BCUT2D eigenvalue weighted by Crippen LogP contribution is -2.62. The second-order valence-corrected chi connectivity index (χ2v) is 6.10. The maximum Gasteiger partial charge on any atom is 0.251 e. The number of hydrogen-bond donors (Lipinski definition) is 2. The summed E-state index contributed by atoms with van der Waals surface area (Å²) in [5.41, 5.74) is 7.97. The van der Waals surface area contributed by atoms with Gasteiger partial charge in [-0.25, -0.2) is 0 Å². The Morgan fingerprint density at radius 2 is 2.20 bits per heavy atom. The first-order valence-corrected chi connectivity index (χ1v) is 7.14. The second kappa shape index (κ2) is 5.44. The molecule has 0 bridgehead atoms. The van der Waals surface area contributed by atoms with Crippen LogP contribution in [0.15, 0.2) is 18.2 Å². The van der Waals surface area contributed by atoms with Crippen LogP contribution in [0.4, 0.5) is 5.69 Å². The van der Waals surface area contributed by atoms with E-state index < -0.39 is 0 Å². The average Bonchev–Trinajstić information content (AvgIpc) is 2.37. The Morgan fingerprint density at radius 3 is 2.75 bits per heavy atom. The molecule has 0 aliphatic heterocycles. The van der Waals surface area contributed by atoms with Crippen LogP contribution in [0.5, 0.6) is 0 Å². The maximum absolute atomic E-state index is 12.3. The van der Waals surface area contributed by atoms with Gasteiger partial charge in [-0.1, -0.05) is 13.8 Å². The Hall–Kier alpha value is -1.55. The Balaban J connectivity index is 2.03. The number of hydrogen-bond acceptors (Lipinski definition) is 3. The van der Waals surface area contributed by atoms with Gasteiger partial charge < -0.3 is 15.8 Å². The lowest BCUT2D eigenvalue weighted by atomic mass is 9.64. The van der Waals surface area contributed by atoms with Crippen LogP contribution in [0.3, 0.4) is 0 Å². The summed E-state index contributed by atoms with van der Waals surface area (Å²) in [6.07, 6.45) is 1.10. The fourth-order valence-electron chi connectivity index (χ4n) is 2.79. The summed E-state index contributed by atoms with van der Waals surface area (Å²) in [7, 11) is 0. The smallest absolute Gasteiger partial charge is 0.251 e. The van der Waals surface area contributed by atoms with Gasteiger partial charge in [0.25, 0.3) is 5.91 Å². The molecule has 1 saturated carbocycles. The molecular formula is C16H24N2O2. The number of benzene rings is 1. The van der Waals surface area contributed by atoms with Crippen LogP contribution in [0.25, 0.3) is 0 Å². The molecule has 1 aliphatic rings. The van der Waals surface area contributed by atoms with E-state index in [-0.39, 0.29) is 23.5 Å². The molecule has 0 aromatic heterocycles. The molecule has 0 heterocycles. The molecule has 0 spiro atoms. The summed E-state index contributed by atoms with van der Waals surface area (Å²) in [5.74, 6) is -0.0319. The van der Waals surface area contributed by atoms with Crippen molar-refractivity contribution < 1.29 is 9.53 Å². The van der Waals surface area contributed by atoms with Crippen LogP contribution < -0.4 is 11.1 Å². The maximum atomic E-state index is 12.3. The van der Waals surface area contributed by atoms with E-state index in [2.05, 4.69) is 19.2 Å². The fourth-order valence-corrected chi connectivity index (χ4v) is 2.79. The molecule has 2 unspecified atom stereocenters. The molecule has 2 atom stereocenters.